The summed E-state index contributed by atoms with van der Waals surface area (Å²) in [6, 6.07) is 10.5. The number of rotatable bonds is 7. The number of methoxy groups -OCH3 is 2. The van der Waals surface area contributed by atoms with Gasteiger partial charge in [-0.3, -0.25) is 4.79 Å². The van der Waals surface area contributed by atoms with E-state index in [4.69, 9.17) is 37.4 Å². The standard InChI is InChI=1S/C18H19Cl2NO4/c1-21(10-12-7-8-14(23-2)16(9-12)24-3)17(22)11-25-15-6-4-5-13(19)18(15)20/h4-9H,10-11H2,1-3H3. The second-order valence-electron chi connectivity index (χ2n) is 5.28. The molecule has 0 atom stereocenters. The molecule has 0 aliphatic carbocycles. The van der Waals surface area contributed by atoms with Crippen molar-refractivity contribution in [1.82, 2.24) is 4.90 Å². The second kappa shape index (κ2) is 8.83. The minimum atomic E-state index is -0.189. The number of hydrogen-bond acceptors (Lipinski definition) is 4. The van der Waals surface area contributed by atoms with E-state index in [9.17, 15) is 4.79 Å². The Hall–Kier alpha value is -2.11. The molecule has 0 N–H and O–H groups in total. The van der Waals surface area contributed by atoms with Gasteiger partial charge >= 0.3 is 0 Å². The minimum Gasteiger partial charge on any atom is -0.493 e. The van der Waals surface area contributed by atoms with E-state index in [1.54, 1.807) is 50.4 Å². The van der Waals surface area contributed by atoms with E-state index in [0.717, 1.165) is 5.56 Å². The van der Waals surface area contributed by atoms with E-state index in [0.29, 0.717) is 33.8 Å². The van der Waals surface area contributed by atoms with Crippen molar-refractivity contribution in [2.24, 2.45) is 0 Å². The first-order valence-electron chi connectivity index (χ1n) is 7.48. The van der Waals surface area contributed by atoms with Gasteiger partial charge in [-0.25, -0.2) is 0 Å². The molecular weight excluding hydrogens is 365 g/mol. The average molecular weight is 384 g/mol. The fourth-order valence-electron chi connectivity index (χ4n) is 2.19. The number of likely N-dealkylation sites (N-methyl/N-ethyl adjacent to an activating group) is 1. The van der Waals surface area contributed by atoms with Crippen molar-refractivity contribution < 1.29 is 19.0 Å². The Morgan fingerprint density at radius 1 is 1.04 bits per heavy atom. The third-order valence-corrected chi connectivity index (χ3v) is 4.36. The largest absolute Gasteiger partial charge is 0.493 e. The van der Waals surface area contributed by atoms with Gasteiger partial charge in [0.1, 0.15) is 10.8 Å². The molecule has 0 saturated carbocycles. The van der Waals surface area contributed by atoms with Gasteiger partial charge in [-0.15, -0.1) is 0 Å². The number of carbonyl (C=O) groups is 1. The number of hydrogen-bond donors (Lipinski definition) is 0. The number of halogens is 2. The van der Waals surface area contributed by atoms with Gasteiger partial charge in [0.05, 0.1) is 19.2 Å². The highest BCUT2D eigenvalue weighted by Gasteiger charge is 2.13. The van der Waals surface area contributed by atoms with Gasteiger partial charge in [-0.05, 0) is 29.8 Å². The van der Waals surface area contributed by atoms with Crippen LogP contribution in [0.25, 0.3) is 0 Å². The predicted octanol–water partition coefficient (Wildman–Crippen LogP) is 4.05. The lowest BCUT2D eigenvalue weighted by Crippen LogP contribution is -2.31. The van der Waals surface area contributed by atoms with E-state index in [-0.39, 0.29) is 12.5 Å². The Labute approximate surface area is 157 Å². The average Bonchev–Trinajstić information content (AvgIpc) is 2.62. The maximum atomic E-state index is 12.3. The molecule has 0 heterocycles. The van der Waals surface area contributed by atoms with Crippen molar-refractivity contribution in [2.45, 2.75) is 6.54 Å². The van der Waals surface area contributed by atoms with Crippen molar-refractivity contribution in [1.29, 1.82) is 0 Å². The van der Waals surface area contributed by atoms with Crippen LogP contribution in [-0.2, 0) is 11.3 Å². The number of benzene rings is 2. The first kappa shape index (κ1) is 19.2. The van der Waals surface area contributed by atoms with Crippen LogP contribution in [0, 0.1) is 0 Å². The van der Waals surface area contributed by atoms with E-state index in [1.807, 2.05) is 12.1 Å². The first-order valence-corrected chi connectivity index (χ1v) is 8.23. The van der Waals surface area contributed by atoms with Crippen LogP contribution in [0.1, 0.15) is 5.56 Å². The molecule has 7 heteroatoms. The molecule has 5 nitrogen and oxygen atoms in total. The van der Waals surface area contributed by atoms with Crippen LogP contribution in [-0.4, -0.2) is 38.7 Å². The van der Waals surface area contributed by atoms with Crippen molar-refractivity contribution >= 4 is 29.1 Å². The zero-order valence-electron chi connectivity index (χ0n) is 14.2. The third-order valence-electron chi connectivity index (χ3n) is 3.56. The SMILES string of the molecule is COc1ccc(CN(C)C(=O)COc2cccc(Cl)c2Cl)cc1OC. The molecule has 2 aromatic rings. The summed E-state index contributed by atoms with van der Waals surface area (Å²) in [5.41, 5.74) is 0.911. The Bertz CT molecular complexity index is 752. The highest BCUT2D eigenvalue weighted by atomic mass is 35.5. The Kier molecular flexibility index (Phi) is 6.79. The molecule has 0 radical (unpaired) electrons. The van der Waals surface area contributed by atoms with Crippen LogP contribution in [0.4, 0.5) is 0 Å². The minimum absolute atomic E-state index is 0.135. The summed E-state index contributed by atoms with van der Waals surface area (Å²) >= 11 is 12.0. The molecule has 0 unspecified atom stereocenters. The lowest BCUT2D eigenvalue weighted by molar-refractivity contribution is -0.132. The number of carbonyl (C=O) groups excluding carboxylic acids is 1. The van der Waals surface area contributed by atoms with Crippen molar-refractivity contribution in [3.05, 3.63) is 52.0 Å². The van der Waals surface area contributed by atoms with Crippen molar-refractivity contribution in [2.75, 3.05) is 27.9 Å². The fraction of sp³-hybridized carbons (Fsp3) is 0.278. The molecular formula is C18H19Cl2NO4. The molecule has 2 aromatic carbocycles. The zero-order chi connectivity index (χ0) is 18.4. The molecule has 0 spiro atoms. The molecule has 0 aromatic heterocycles. The Balaban J connectivity index is 1.97. The lowest BCUT2D eigenvalue weighted by Gasteiger charge is -2.19. The van der Waals surface area contributed by atoms with Gasteiger partial charge < -0.3 is 19.1 Å². The van der Waals surface area contributed by atoms with Crippen LogP contribution in [0.3, 0.4) is 0 Å². The topological polar surface area (TPSA) is 48.0 Å². The van der Waals surface area contributed by atoms with Crippen molar-refractivity contribution in [3.8, 4) is 17.2 Å². The van der Waals surface area contributed by atoms with Gasteiger partial charge in [0.25, 0.3) is 5.91 Å². The summed E-state index contributed by atoms with van der Waals surface area (Å²) in [6.45, 7) is 0.273. The summed E-state index contributed by atoms with van der Waals surface area (Å²) in [4.78, 5) is 13.8. The molecule has 0 bridgehead atoms. The van der Waals surface area contributed by atoms with E-state index >= 15 is 0 Å². The molecule has 0 saturated heterocycles. The van der Waals surface area contributed by atoms with Gasteiger partial charge in [0.15, 0.2) is 18.1 Å². The molecule has 134 valence electrons. The predicted molar refractivity (Wildman–Crippen MR) is 98.0 cm³/mol. The molecule has 0 aliphatic rings. The molecule has 25 heavy (non-hydrogen) atoms. The summed E-state index contributed by atoms with van der Waals surface area (Å²) in [5, 5.41) is 0.671. The maximum Gasteiger partial charge on any atom is 0.260 e. The summed E-state index contributed by atoms with van der Waals surface area (Å²) in [7, 11) is 4.84. The lowest BCUT2D eigenvalue weighted by atomic mass is 10.2. The van der Waals surface area contributed by atoms with Gasteiger partial charge in [0, 0.05) is 13.6 Å². The summed E-state index contributed by atoms with van der Waals surface area (Å²) in [6.07, 6.45) is 0. The Morgan fingerprint density at radius 3 is 2.44 bits per heavy atom. The number of nitrogens with zero attached hydrogens (tertiary/aromatic N) is 1. The van der Waals surface area contributed by atoms with Crippen LogP contribution < -0.4 is 14.2 Å². The maximum absolute atomic E-state index is 12.3. The third kappa shape index (κ3) is 4.94. The second-order valence-corrected chi connectivity index (χ2v) is 6.06. The zero-order valence-corrected chi connectivity index (χ0v) is 15.7. The first-order chi connectivity index (χ1) is 12.0. The summed E-state index contributed by atoms with van der Waals surface area (Å²) < 4.78 is 15.9. The normalized spacial score (nSPS) is 10.3. The monoisotopic (exact) mass is 383 g/mol. The Morgan fingerprint density at radius 2 is 1.76 bits per heavy atom. The molecule has 0 aliphatic heterocycles. The van der Waals surface area contributed by atoms with Crippen LogP contribution in [0.15, 0.2) is 36.4 Å². The van der Waals surface area contributed by atoms with Crippen molar-refractivity contribution in [3.63, 3.8) is 0 Å². The van der Waals surface area contributed by atoms with Gasteiger partial charge in [-0.2, -0.15) is 0 Å². The van der Waals surface area contributed by atoms with E-state index in [1.165, 1.54) is 0 Å². The highest BCUT2D eigenvalue weighted by molar-refractivity contribution is 6.42. The highest BCUT2D eigenvalue weighted by Crippen LogP contribution is 2.31. The number of ether oxygens (including phenoxy) is 3. The van der Waals surface area contributed by atoms with E-state index < -0.39 is 0 Å². The van der Waals surface area contributed by atoms with Gasteiger partial charge in [-0.1, -0.05) is 35.3 Å². The summed E-state index contributed by atoms with van der Waals surface area (Å²) in [5.74, 6) is 1.44. The quantitative estimate of drug-likeness (QED) is 0.723. The fourth-order valence-corrected chi connectivity index (χ4v) is 2.53. The van der Waals surface area contributed by atoms with Crippen LogP contribution in [0.2, 0.25) is 10.0 Å². The van der Waals surface area contributed by atoms with Crippen LogP contribution in [0.5, 0.6) is 17.2 Å². The molecule has 1 amide bonds. The smallest absolute Gasteiger partial charge is 0.260 e. The number of amides is 1. The molecule has 2 rings (SSSR count). The molecule has 0 fully saturated rings. The van der Waals surface area contributed by atoms with Crippen LogP contribution >= 0.6 is 23.2 Å². The van der Waals surface area contributed by atoms with E-state index in [2.05, 4.69) is 0 Å². The van der Waals surface area contributed by atoms with Gasteiger partial charge in [0.2, 0.25) is 0 Å².